The Labute approximate surface area is 249 Å². The Morgan fingerprint density at radius 2 is 1.10 bits per heavy atom. The van der Waals surface area contributed by atoms with Gasteiger partial charge in [0.05, 0.1) is 5.69 Å². The Kier molecular flexibility index (Phi) is 5.87. The lowest BCUT2D eigenvalue weighted by Crippen LogP contribution is -2.10. The molecule has 0 saturated carbocycles. The number of hydrogen-bond donors (Lipinski definition) is 0. The maximum absolute atomic E-state index is 4.53. The van der Waals surface area contributed by atoms with Gasteiger partial charge in [0.2, 0.25) is 0 Å². The molecule has 0 bridgehead atoms. The summed E-state index contributed by atoms with van der Waals surface area (Å²) in [5.41, 5.74) is 6.86. The largest absolute Gasteiger partial charge is 0.310 e. The first-order valence-corrected chi connectivity index (χ1v) is 15.0. The summed E-state index contributed by atoms with van der Waals surface area (Å²) in [5, 5.41) is 7.51. The highest BCUT2D eigenvalue weighted by atomic mass is 32.1. The molecule has 8 rings (SSSR count). The summed E-state index contributed by atoms with van der Waals surface area (Å²) in [5.74, 6) is 0. The molecular formula is C40H27NS. The summed E-state index contributed by atoms with van der Waals surface area (Å²) in [6.07, 6.45) is 0. The van der Waals surface area contributed by atoms with E-state index in [0.29, 0.717) is 0 Å². The van der Waals surface area contributed by atoms with Gasteiger partial charge in [-0.3, -0.25) is 0 Å². The summed E-state index contributed by atoms with van der Waals surface area (Å²) in [6.45, 7) is 4.53. The molecule has 2 heteroatoms. The van der Waals surface area contributed by atoms with Gasteiger partial charge in [0.25, 0.3) is 0 Å². The summed E-state index contributed by atoms with van der Waals surface area (Å²) < 4.78 is 2.55. The molecular weight excluding hydrogens is 527 g/mol. The van der Waals surface area contributed by atoms with E-state index < -0.39 is 0 Å². The maximum Gasteiger partial charge on any atom is 0.0540 e. The minimum absolute atomic E-state index is 1.05. The lowest BCUT2D eigenvalue weighted by atomic mass is 9.94. The number of para-hydroxylation sites is 1. The molecule has 0 atom stereocenters. The fraction of sp³-hybridized carbons (Fsp3) is 0. The fourth-order valence-electron chi connectivity index (χ4n) is 6.14. The van der Waals surface area contributed by atoms with Crippen LogP contribution in [0, 0.1) is 0 Å². The number of nitrogens with zero attached hydrogens (tertiary/aromatic N) is 1. The number of fused-ring (bicyclic) bond motifs is 5. The topological polar surface area (TPSA) is 3.24 Å². The highest BCUT2D eigenvalue weighted by molar-refractivity contribution is 7.25. The summed E-state index contributed by atoms with van der Waals surface area (Å²) >= 11 is 1.85. The van der Waals surface area contributed by atoms with Gasteiger partial charge in [-0.05, 0) is 69.3 Å². The van der Waals surface area contributed by atoms with Gasteiger partial charge in [0.1, 0.15) is 0 Å². The Balaban J connectivity index is 1.25. The minimum atomic E-state index is 1.05. The number of rotatable bonds is 5. The zero-order valence-electron chi connectivity index (χ0n) is 23.0. The van der Waals surface area contributed by atoms with Crippen molar-refractivity contribution in [1.29, 1.82) is 0 Å². The molecule has 8 aromatic rings. The van der Waals surface area contributed by atoms with E-state index in [1.165, 1.54) is 53.0 Å². The number of hydrogen-bond acceptors (Lipinski definition) is 2. The number of thiophene rings is 1. The van der Waals surface area contributed by atoms with E-state index in [-0.39, 0.29) is 0 Å². The van der Waals surface area contributed by atoms with Crippen molar-refractivity contribution >= 4 is 75.7 Å². The van der Waals surface area contributed by atoms with Crippen LogP contribution in [0.25, 0.3) is 47.3 Å². The molecule has 0 aliphatic carbocycles. The molecule has 0 fully saturated rings. The molecule has 1 heterocycles. The van der Waals surface area contributed by atoms with Crippen LogP contribution >= 0.6 is 11.3 Å². The van der Waals surface area contributed by atoms with Crippen LogP contribution in [0.5, 0.6) is 0 Å². The third kappa shape index (κ3) is 4.08. The normalized spacial score (nSPS) is 11.4. The van der Waals surface area contributed by atoms with E-state index in [4.69, 9.17) is 0 Å². The smallest absolute Gasteiger partial charge is 0.0540 e. The number of anilines is 3. The quantitative estimate of drug-likeness (QED) is 0.205. The van der Waals surface area contributed by atoms with Crippen LogP contribution in [0.2, 0.25) is 0 Å². The van der Waals surface area contributed by atoms with Crippen LogP contribution in [0.1, 0.15) is 11.1 Å². The molecule has 0 unspecified atom stereocenters. The molecule has 0 aliphatic rings. The lowest BCUT2D eigenvalue weighted by molar-refractivity contribution is 1.30. The van der Waals surface area contributed by atoms with Crippen molar-refractivity contribution < 1.29 is 0 Å². The third-order valence-corrected chi connectivity index (χ3v) is 9.32. The van der Waals surface area contributed by atoms with Crippen molar-refractivity contribution in [2.24, 2.45) is 0 Å². The van der Waals surface area contributed by atoms with E-state index in [9.17, 15) is 0 Å². The van der Waals surface area contributed by atoms with Gasteiger partial charge in [-0.2, -0.15) is 0 Å². The molecule has 0 amide bonds. The Morgan fingerprint density at radius 3 is 1.90 bits per heavy atom. The first-order valence-electron chi connectivity index (χ1n) is 14.2. The fourth-order valence-corrected chi connectivity index (χ4v) is 7.32. The van der Waals surface area contributed by atoms with Crippen molar-refractivity contribution in [2.75, 3.05) is 4.90 Å². The SMILES string of the molecule is C=C(c1ccc2c(c1)sc1cc(N(c3ccccc3)c3cccc4ccccc34)ccc12)c1cccc2ccccc12. The predicted octanol–water partition coefficient (Wildman–Crippen LogP) is 11.9. The van der Waals surface area contributed by atoms with Gasteiger partial charge in [0.15, 0.2) is 0 Å². The summed E-state index contributed by atoms with van der Waals surface area (Å²) in [7, 11) is 0. The van der Waals surface area contributed by atoms with E-state index in [1.54, 1.807) is 0 Å². The Hall–Kier alpha value is -5.18. The van der Waals surface area contributed by atoms with Gasteiger partial charge in [-0.1, -0.05) is 122 Å². The first kappa shape index (κ1) is 24.6. The van der Waals surface area contributed by atoms with E-state index in [0.717, 1.165) is 22.5 Å². The second kappa shape index (κ2) is 10.0. The maximum atomic E-state index is 4.53. The van der Waals surface area contributed by atoms with Crippen LogP contribution in [0.4, 0.5) is 17.1 Å². The summed E-state index contributed by atoms with van der Waals surface area (Å²) in [4.78, 5) is 2.37. The second-order valence-corrected chi connectivity index (χ2v) is 11.8. The standard InChI is InChI=1S/C40H27NS/c1-27(33-19-9-13-28-11-5-7-17-34(28)33)30-21-23-36-37-24-22-32(26-40(37)42-39(36)25-30)41(31-15-3-2-4-16-31)38-20-10-14-29-12-6-8-18-35(29)38/h2-26H,1H2. The van der Waals surface area contributed by atoms with Crippen molar-refractivity contribution in [3.63, 3.8) is 0 Å². The first-order chi connectivity index (χ1) is 20.7. The van der Waals surface area contributed by atoms with Crippen molar-refractivity contribution in [2.45, 2.75) is 0 Å². The number of benzene rings is 7. The zero-order chi connectivity index (χ0) is 28.0. The molecule has 1 nitrogen and oxygen atoms in total. The van der Waals surface area contributed by atoms with Gasteiger partial charge >= 0.3 is 0 Å². The monoisotopic (exact) mass is 553 g/mol. The van der Waals surface area contributed by atoms with E-state index in [1.807, 2.05) is 11.3 Å². The highest BCUT2D eigenvalue weighted by Gasteiger charge is 2.17. The van der Waals surface area contributed by atoms with Crippen LogP contribution in [-0.4, -0.2) is 0 Å². The van der Waals surface area contributed by atoms with Crippen LogP contribution in [-0.2, 0) is 0 Å². The molecule has 7 aromatic carbocycles. The molecule has 0 saturated heterocycles. The highest BCUT2D eigenvalue weighted by Crippen LogP contribution is 2.43. The second-order valence-electron chi connectivity index (χ2n) is 10.7. The average Bonchev–Trinajstić information content (AvgIpc) is 3.42. The minimum Gasteiger partial charge on any atom is -0.310 e. The Bertz CT molecular complexity index is 2270. The summed E-state index contributed by atoms with van der Waals surface area (Å²) in [6, 6.07) is 54.5. The molecule has 0 N–H and O–H groups in total. The third-order valence-electron chi connectivity index (χ3n) is 8.20. The van der Waals surface area contributed by atoms with Crippen LogP contribution in [0.3, 0.4) is 0 Å². The van der Waals surface area contributed by atoms with Gasteiger partial charge < -0.3 is 4.90 Å². The molecule has 0 aliphatic heterocycles. The average molecular weight is 554 g/mol. The molecule has 0 radical (unpaired) electrons. The van der Waals surface area contributed by atoms with Gasteiger partial charge in [0, 0.05) is 36.9 Å². The lowest BCUT2D eigenvalue weighted by Gasteiger charge is -2.27. The van der Waals surface area contributed by atoms with E-state index >= 15 is 0 Å². The van der Waals surface area contributed by atoms with Crippen LogP contribution < -0.4 is 4.90 Å². The van der Waals surface area contributed by atoms with Crippen molar-refractivity contribution in [1.82, 2.24) is 0 Å². The zero-order valence-corrected chi connectivity index (χ0v) is 23.8. The molecule has 198 valence electrons. The van der Waals surface area contributed by atoms with E-state index in [2.05, 4.69) is 163 Å². The van der Waals surface area contributed by atoms with Gasteiger partial charge in [-0.15, -0.1) is 11.3 Å². The van der Waals surface area contributed by atoms with Crippen molar-refractivity contribution in [3.05, 3.63) is 169 Å². The molecule has 1 aromatic heterocycles. The Morgan fingerprint density at radius 1 is 0.476 bits per heavy atom. The molecule has 42 heavy (non-hydrogen) atoms. The van der Waals surface area contributed by atoms with Gasteiger partial charge in [-0.25, -0.2) is 0 Å². The molecule has 0 spiro atoms. The van der Waals surface area contributed by atoms with Crippen molar-refractivity contribution in [3.8, 4) is 0 Å². The van der Waals surface area contributed by atoms with Crippen LogP contribution in [0.15, 0.2) is 158 Å². The predicted molar refractivity (Wildman–Crippen MR) is 184 cm³/mol.